The lowest BCUT2D eigenvalue weighted by Crippen LogP contribution is -2.16. The van der Waals surface area contributed by atoms with Crippen LogP contribution in [0.15, 0.2) is 10.7 Å². The average Bonchev–Trinajstić information content (AvgIpc) is 2.62. The second kappa shape index (κ2) is 9.72. The fourth-order valence-corrected chi connectivity index (χ4v) is 2.06. The number of hydrazone groups is 1. The number of hydrogen-bond donors (Lipinski definition) is 1. The van der Waals surface area contributed by atoms with Gasteiger partial charge in [0.1, 0.15) is 22.7 Å². The van der Waals surface area contributed by atoms with E-state index in [-0.39, 0.29) is 6.61 Å². The van der Waals surface area contributed by atoms with E-state index in [1.807, 2.05) is 6.92 Å². The number of halogens is 3. The van der Waals surface area contributed by atoms with E-state index in [0.29, 0.717) is 12.8 Å². The zero-order valence-corrected chi connectivity index (χ0v) is 15.8. The number of aliphatic hydroxyl groups is 1. The topological polar surface area (TPSA) is 105 Å². The third-order valence-electron chi connectivity index (χ3n) is 3.56. The van der Waals surface area contributed by atoms with Gasteiger partial charge >= 0.3 is 11.7 Å². The summed E-state index contributed by atoms with van der Waals surface area (Å²) in [5.74, 6) is -7.77. The van der Waals surface area contributed by atoms with Gasteiger partial charge in [-0.15, -0.1) is 0 Å². The van der Waals surface area contributed by atoms with Crippen molar-refractivity contribution in [1.82, 2.24) is 5.01 Å². The molecule has 0 aliphatic heterocycles. The van der Waals surface area contributed by atoms with Gasteiger partial charge in [0.2, 0.25) is 5.82 Å². The van der Waals surface area contributed by atoms with Crippen molar-refractivity contribution in [1.29, 1.82) is 0 Å². The maximum Gasteiger partial charge on any atom is 0.343 e. The second-order valence-corrected chi connectivity index (χ2v) is 5.89. The highest BCUT2D eigenvalue weighted by Gasteiger charge is 2.35. The van der Waals surface area contributed by atoms with Gasteiger partial charge in [0.15, 0.2) is 5.82 Å². The summed E-state index contributed by atoms with van der Waals surface area (Å²) in [4.78, 5) is 22.0. The van der Waals surface area contributed by atoms with Crippen LogP contribution in [0.25, 0.3) is 5.76 Å². The Hall–Kier alpha value is -3.11. The van der Waals surface area contributed by atoms with Crippen LogP contribution in [0.2, 0.25) is 0 Å². The van der Waals surface area contributed by atoms with E-state index >= 15 is 0 Å². The first-order chi connectivity index (χ1) is 13.0. The largest absolute Gasteiger partial charge is 0.506 e. The molecule has 1 rings (SSSR count). The summed E-state index contributed by atoms with van der Waals surface area (Å²) in [5, 5.41) is 26.5. The number of nitro benzene ring substituents is 1. The second-order valence-electron chi connectivity index (χ2n) is 5.89. The molecule has 0 saturated heterocycles. The fraction of sp³-hybridized carbons (Fsp3) is 0.412. The summed E-state index contributed by atoms with van der Waals surface area (Å²) >= 11 is 0. The lowest BCUT2D eigenvalue weighted by atomic mass is 10.0. The van der Waals surface area contributed by atoms with Gasteiger partial charge in [-0.3, -0.25) is 10.1 Å². The third kappa shape index (κ3) is 4.99. The van der Waals surface area contributed by atoms with Crippen molar-refractivity contribution in [2.75, 3.05) is 20.7 Å². The molecule has 0 fully saturated rings. The number of rotatable bonds is 8. The van der Waals surface area contributed by atoms with Crippen molar-refractivity contribution < 1.29 is 32.7 Å². The molecule has 0 aromatic heterocycles. The highest BCUT2D eigenvalue weighted by atomic mass is 19.2. The predicted molar refractivity (Wildman–Crippen MR) is 95.3 cm³/mol. The quantitative estimate of drug-likeness (QED) is 0.104. The molecule has 0 bridgehead atoms. The smallest absolute Gasteiger partial charge is 0.343 e. The van der Waals surface area contributed by atoms with Crippen LogP contribution in [0, 0.1) is 34.5 Å². The van der Waals surface area contributed by atoms with E-state index in [2.05, 4.69) is 5.10 Å². The Labute approximate surface area is 159 Å². The Balaban J connectivity index is 3.76. The SMILES string of the molecule is CCCCOC(=O)C(C=NN(C)C)=C(O)c1c(F)c(C)c(F)c(F)c1[N+](=O)[O-]. The molecule has 1 aromatic rings. The first kappa shape index (κ1) is 22.9. The monoisotopic (exact) mass is 403 g/mol. The van der Waals surface area contributed by atoms with Crippen molar-refractivity contribution in [3.05, 3.63) is 44.3 Å². The Morgan fingerprint density at radius 3 is 2.39 bits per heavy atom. The predicted octanol–water partition coefficient (Wildman–Crippen LogP) is 3.48. The van der Waals surface area contributed by atoms with E-state index in [4.69, 9.17) is 4.74 Å². The van der Waals surface area contributed by atoms with Crippen LogP contribution in [-0.2, 0) is 9.53 Å². The number of nitrogens with zero attached hydrogens (tertiary/aromatic N) is 3. The Bertz CT molecular complexity index is 838. The minimum Gasteiger partial charge on any atom is -0.506 e. The molecule has 0 spiro atoms. The van der Waals surface area contributed by atoms with E-state index in [9.17, 15) is 33.2 Å². The number of nitro groups is 1. The summed E-state index contributed by atoms with van der Waals surface area (Å²) in [6, 6.07) is 0. The molecule has 1 aromatic carbocycles. The molecule has 8 nitrogen and oxygen atoms in total. The molecule has 11 heteroatoms. The number of carbonyl (C=O) groups is 1. The molecule has 0 heterocycles. The Morgan fingerprint density at radius 1 is 1.29 bits per heavy atom. The molecule has 0 radical (unpaired) electrons. The molecule has 0 amide bonds. The maximum absolute atomic E-state index is 14.5. The van der Waals surface area contributed by atoms with E-state index < -0.39 is 56.5 Å². The van der Waals surface area contributed by atoms with Gasteiger partial charge in [0, 0.05) is 19.7 Å². The van der Waals surface area contributed by atoms with Crippen LogP contribution in [0.4, 0.5) is 18.9 Å². The van der Waals surface area contributed by atoms with Gasteiger partial charge in [-0.25, -0.2) is 13.6 Å². The lowest BCUT2D eigenvalue weighted by Gasteiger charge is -2.12. The van der Waals surface area contributed by atoms with Gasteiger partial charge < -0.3 is 14.9 Å². The van der Waals surface area contributed by atoms with Crippen LogP contribution in [-0.4, -0.2) is 47.9 Å². The highest BCUT2D eigenvalue weighted by molar-refractivity contribution is 6.15. The van der Waals surface area contributed by atoms with Gasteiger partial charge in [0.25, 0.3) is 0 Å². The van der Waals surface area contributed by atoms with Crippen molar-refractivity contribution in [3.63, 3.8) is 0 Å². The summed E-state index contributed by atoms with van der Waals surface area (Å²) in [5.41, 5.74) is -4.56. The van der Waals surface area contributed by atoms with Gasteiger partial charge in [-0.1, -0.05) is 13.3 Å². The molecule has 1 N–H and O–H groups in total. The summed E-state index contributed by atoms with van der Waals surface area (Å²) in [7, 11) is 2.94. The summed E-state index contributed by atoms with van der Waals surface area (Å²) in [6.45, 7) is 2.63. The summed E-state index contributed by atoms with van der Waals surface area (Å²) in [6.07, 6.45) is 1.96. The van der Waals surface area contributed by atoms with E-state index in [0.717, 1.165) is 13.1 Å². The molecular weight excluding hydrogens is 383 g/mol. The lowest BCUT2D eigenvalue weighted by molar-refractivity contribution is -0.388. The number of esters is 1. The first-order valence-corrected chi connectivity index (χ1v) is 8.17. The fourth-order valence-electron chi connectivity index (χ4n) is 2.06. The number of benzene rings is 1. The molecule has 0 aliphatic rings. The maximum atomic E-state index is 14.5. The minimum absolute atomic E-state index is 0.0384. The molecule has 0 atom stereocenters. The molecule has 0 unspecified atom stereocenters. The average molecular weight is 403 g/mol. The van der Waals surface area contributed by atoms with Gasteiger partial charge in [0.05, 0.1) is 17.7 Å². The number of ether oxygens (including phenoxy) is 1. The molecule has 28 heavy (non-hydrogen) atoms. The highest BCUT2D eigenvalue weighted by Crippen LogP contribution is 2.35. The van der Waals surface area contributed by atoms with Crippen molar-refractivity contribution in [2.24, 2.45) is 5.10 Å². The van der Waals surface area contributed by atoms with Crippen LogP contribution in [0.3, 0.4) is 0 Å². The zero-order valence-electron chi connectivity index (χ0n) is 15.8. The summed E-state index contributed by atoms with van der Waals surface area (Å²) < 4.78 is 47.2. The number of carbonyl (C=O) groups excluding carboxylic acids is 1. The van der Waals surface area contributed by atoms with Crippen molar-refractivity contribution >= 4 is 23.6 Å². The van der Waals surface area contributed by atoms with Crippen molar-refractivity contribution in [3.8, 4) is 0 Å². The zero-order chi connectivity index (χ0) is 21.6. The van der Waals surface area contributed by atoms with Gasteiger partial charge in [-0.2, -0.15) is 9.49 Å². The number of hydrogen-bond acceptors (Lipinski definition) is 7. The first-order valence-electron chi connectivity index (χ1n) is 8.17. The van der Waals surface area contributed by atoms with Crippen LogP contribution in [0.1, 0.15) is 30.9 Å². The molecule has 154 valence electrons. The number of unbranched alkanes of at least 4 members (excludes halogenated alkanes) is 1. The normalized spacial score (nSPS) is 12.1. The minimum atomic E-state index is -1.96. The van der Waals surface area contributed by atoms with Gasteiger partial charge in [-0.05, 0) is 13.3 Å². The standard InChI is InChI=1S/C17H20F3N3O5/c1-5-6-7-28-17(25)10(8-21-22(3)4)16(24)11-12(18)9(2)13(19)14(20)15(11)23(26)27/h8,24H,5-7H2,1-4H3. The van der Waals surface area contributed by atoms with Crippen LogP contribution >= 0.6 is 0 Å². The Morgan fingerprint density at radius 2 is 1.89 bits per heavy atom. The third-order valence-corrected chi connectivity index (χ3v) is 3.56. The number of aliphatic hydroxyl groups excluding tert-OH is 1. The van der Waals surface area contributed by atoms with Crippen LogP contribution < -0.4 is 0 Å². The van der Waals surface area contributed by atoms with E-state index in [1.165, 1.54) is 19.1 Å². The molecule has 0 aliphatic carbocycles. The van der Waals surface area contributed by atoms with Crippen molar-refractivity contribution in [2.45, 2.75) is 26.7 Å². The Kier molecular flexibility index (Phi) is 7.96. The molecular formula is C17H20F3N3O5. The van der Waals surface area contributed by atoms with E-state index in [1.54, 1.807) is 0 Å². The molecule has 0 saturated carbocycles. The van der Waals surface area contributed by atoms with Crippen LogP contribution in [0.5, 0.6) is 0 Å².